The molecule has 0 aliphatic heterocycles. The molecule has 1 heterocycles. The highest BCUT2D eigenvalue weighted by molar-refractivity contribution is 5.93. The van der Waals surface area contributed by atoms with Gasteiger partial charge in [0.15, 0.2) is 0 Å². The second-order valence-electron chi connectivity index (χ2n) is 2.76. The fraction of sp³-hybridized carbons (Fsp3) is 0.500. The first-order valence-corrected chi connectivity index (χ1v) is 4.39. The zero-order chi connectivity index (χ0) is 10.4. The molecule has 1 rings (SSSR count). The van der Waals surface area contributed by atoms with Crippen LogP contribution in [0.25, 0.3) is 0 Å². The van der Waals surface area contributed by atoms with E-state index in [1.807, 2.05) is 0 Å². The first-order valence-electron chi connectivity index (χ1n) is 4.39. The van der Waals surface area contributed by atoms with Gasteiger partial charge in [-0.25, -0.2) is 0 Å². The van der Waals surface area contributed by atoms with E-state index in [-0.39, 0.29) is 19.1 Å². The zero-order valence-corrected chi connectivity index (χ0v) is 7.81. The van der Waals surface area contributed by atoms with Crippen LogP contribution in [0.1, 0.15) is 10.4 Å². The molecular formula is C8H14N4O2. The van der Waals surface area contributed by atoms with Gasteiger partial charge in [0.2, 0.25) is 0 Å². The lowest BCUT2D eigenvalue weighted by Gasteiger charge is -1.99. The van der Waals surface area contributed by atoms with Gasteiger partial charge in [-0.2, -0.15) is 5.10 Å². The molecule has 0 bridgehead atoms. The van der Waals surface area contributed by atoms with E-state index in [9.17, 15) is 4.79 Å². The minimum atomic E-state index is -0.234. The van der Waals surface area contributed by atoms with E-state index in [4.69, 9.17) is 10.8 Å². The Labute approximate surface area is 81.7 Å². The Balaban J connectivity index is 2.53. The Morgan fingerprint density at radius 2 is 2.50 bits per heavy atom. The van der Waals surface area contributed by atoms with Crippen molar-refractivity contribution in [2.45, 2.75) is 6.54 Å². The molecule has 6 heteroatoms. The maximum absolute atomic E-state index is 11.3. The van der Waals surface area contributed by atoms with Gasteiger partial charge in [-0.05, 0) is 0 Å². The Kier molecular flexibility index (Phi) is 4.09. The molecule has 0 fully saturated rings. The lowest BCUT2D eigenvalue weighted by atomic mass is 10.3. The SMILES string of the molecule is NCCn1cc(C(=O)NCCO)cn1. The summed E-state index contributed by atoms with van der Waals surface area (Å²) < 4.78 is 1.61. The molecule has 0 aromatic carbocycles. The third-order valence-electron chi connectivity index (χ3n) is 1.65. The van der Waals surface area contributed by atoms with E-state index in [1.54, 1.807) is 10.9 Å². The van der Waals surface area contributed by atoms with Crippen molar-refractivity contribution in [2.75, 3.05) is 19.7 Å². The number of carbonyl (C=O) groups is 1. The summed E-state index contributed by atoms with van der Waals surface area (Å²) in [7, 11) is 0. The highest BCUT2D eigenvalue weighted by atomic mass is 16.3. The molecule has 0 spiro atoms. The molecule has 0 saturated heterocycles. The monoisotopic (exact) mass is 198 g/mol. The zero-order valence-electron chi connectivity index (χ0n) is 7.81. The maximum Gasteiger partial charge on any atom is 0.254 e. The normalized spacial score (nSPS) is 10.1. The highest BCUT2D eigenvalue weighted by Crippen LogP contribution is 1.96. The summed E-state index contributed by atoms with van der Waals surface area (Å²) >= 11 is 0. The molecule has 4 N–H and O–H groups in total. The van der Waals surface area contributed by atoms with Crippen LogP contribution in [0.2, 0.25) is 0 Å². The van der Waals surface area contributed by atoms with Crippen LogP contribution in [0.5, 0.6) is 0 Å². The van der Waals surface area contributed by atoms with Crippen molar-refractivity contribution in [3.63, 3.8) is 0 Å². The highest BCUT2D eigenvalue weighted by Gasteiger charge is 2.06. The predicted octanol–water partition coefficient (Wildman–Crippen LogP) is -1.44. The Hall–Kier alpha value is -1.40. The number of nitrogens with two attached hydrogens (primary N) is 1. The van der Waals surface area contributed by atoms with E-state index in [1.165, 1.54) is 6.20 Å². The van der Waals surface area contributed by atoms with E-state index in [0.29, 0.717) is 18.7 Å². The summed E-state index contributed by atoms with van der Waals surface area (Å²) in [6.07, 6.45) is 3.10. The van der Waals surface area contributed by atoms with E-state index in [0.717, 1.165) is 0 Å². The molecule has 0 aliphatic carbocycles. The summed E-state index contributed by atoms with van der Waals surface area (Å²) in [5, 5.41) is 15.0. The Bertz CT molecular complexity index is 297. The molecule has 0 aliphatic rings. The topological polar surface area (TPSA) is 93.2 Å². The largest absolute Gasteiger partial charge is 0.395 e. The van der Waals surface area contributed by atoms with Gasteiger partial charge >= 0.3 is 0 Å². The van der Waals surface area contributed by atoms with Crippen molar-refractivity contribution in [2.24, 2.45) is 5.73 Å². The summed E-state index contributed by atoms with van der Waals surface area (Å²) in [5.74, 6) is -0.234. The van der Waals surface area contributed by atoms with E-state index in [2.05, 4.69) is 10.4 Å². The second-order valence-corrected chi connectivity index (χ2v) is 2.76. The number of hydrogen-bond donors (Lipinski definition) is 3. The molecule has 1 aromatic heterocycles. The number of hydrogen-bond acceptors (Lipinski definition) is 4. The van der Waals surface area contributed by atoms with Gasteiger partial charge in [-0.15, -0.1) is 0 Å². The Morgan fingerprint density at radius 1 is 1.71 bits per heavy atom. The lowest BCUT2D eigenvalue weighted by Crippen LogP contribution is -2.26. The van der Waals surface area contributed by atoms with E-state index >= 15 is 0 Å². The third kappa shape index (κ3) is 2.82. The van der Waals surface area contributed by atoms with Gasteiger partial charge in [0.1, 0.15) is 0 Å². The first-order chi connectivity index (χ1) is 6.77. The standard InChI is InChI=1S/C8H14N4O2/c9-1-3-12-6-7(5-11-12)8(14)10-2-4-13/h5-6,13H,1-4,9H2,(H,10,14). The van der Waals surface area contributed by atoms with Crippen LogP contribution in [0.3, 0.4) is 0 Å². The maximum atomic E-state index is 11.3. The number of amides is 1. The van der Waals surface area contributed by atoms with Crippen molar-refractivity contribution in [3.05, 3.63) is 18.0 Å². The van der Waals surface area contributed by atoms with Gasteiger partial charge in [-0.3, -0.25) is 9.48 Å². The number of aliphatic hydroxyl groups excluding tert-OH is 1. The number of carbonyl (C=O) groups excluding carboxylic acids is 1. The molecule has 0 unspecified atom stereocenters. The van der Waals surface area contributed by atoms with E-state index < -0.39 is 0 Å². The van der Waals surface area contributed by atoms with Gasteiger partial charge in [-0.1, -0.05) is 0 Å². The first kappa shape index (κ1) is 10.7. The average molecular weight is 198 g/mol. The third-order valence-corrected chi connectivity index (χ3v) is 1.65. The molecule has 6 nitrogen and oxygen atoms in total. The summed E-state index contributed by atoms with van der Waals surface area (Å²) in [6, 6.07) is 0. The summed E-state index contributed by atoms with van der Waals surface area (Å²) in [5.41, 5.74) is 5.81. The Morgan fingerprint density at radius 3 is 3.14 bits per heavy atom. The van der Waals surface area contributed by atoms with Crippen molar-refractivity contribution < 1.29 is 9.90 Å². The number of aromatic nitrogens is 2. The minimum absolute atomic E-state index is 0.0668. The fourth-order valence-electron chi connectivity index (χ4n) is 1.01. The molecule has 1 amide bonds. The van der Waals surface area contributed by atoms with Crippen LogP contribution in [-0.4, -0.2) is 40.5 Å². The molecule has 0 saturated carbocycles. The predicted molar refractivity (Wildman–Crippen MR) is 50.7 cm³/mol. The van der Waals surface area contributed by atoms with Gasteiger partial charge in [0, 0.05) is 19.3 Å². The van der Waals surface area contributed by atoms with Gasteiger partial charge in [0.25, 0.3) is 5.91 Å². The number of aliphatic hydroxyl groups is 1. The average Bonchev–Trinajstić information content (AvgIpc) is 2.63. The molecule has 78 valence electrons. The van der Waals surface area contributed by atoms with Gasteiger partial charge in [0.05, 0.1) is 24.9 Å². The number of nitrogens with zero attached hydrogens (tertiary/aromatic N) is 2. The van der Waals surface area contributed by atoms with Crippen LogP contribution >= 0.6 is 0 Å². The van der Waals surface area contributed by atoms with Crippen molar-refractivity contribution >= 4 is 5.91 Å². The van der Waals surface area contributed by atoms with Crippen molar-refractivity contribution in [1.82, 2.24) is 15.1 Å². The van der Waals surface area contributed by atoms with Crippen LogP contribution in [-0.2, 0) is 6.54 Å². The van der Waals surface area contributed by atoms with Crippen LogP contribution in [0.15, 0.2) is 12.4 Å². The van der Waals surface area contributed by atoms with Crippen LogP contribution < -0.4 is 11.1 Å². The summed E-state index contributed by atoms with van der Waals surface area (Å²) in [4.78, 5) is 11.3. The van der Waals surface area contributed by atoms with Crippen LogP contribution in [0, 0.1) is 0 Å². The molecule has 0 radical (unpaired) electrons. The summed E-state index contributed by atoms with van der Waals surface area (Å²) in [6.45, 7) is 1.26. The second kappa shape index (κ2) is 5.36. The van der Waals surface area contributed by atoms with Crippen molar-refractivity contribution in [3.8, 4) is 0 Å². The smallest absolute Gasteiger partial charge is 0.254 e. The number of rotatable bonds is 5. The minimum Gasteiger partial charge on any atom is -0.395 e. The quantitative estimate of drug-likeness (QED) is 0.540. The van der Waals surface area contributed by atoms with Crippen LogP contribution in [0.4, 0.5) is 0 Å². The van der Waals surface area contributed by atoms with Crippen molar-refractivity contribution in [1.29, 1.82) is 0 Å². The molecule has 14 heavy (non-hydrogen) atoms. The lowest BCUT2D eigenvalue weighted by molar-refractivity contribution is 0.0944. The fourth-order valence-corrected chi connectivity index (χ4v) is 1.01. The molecular weight excluding hydrogens is 184 g/mol. The number of nitrogens with one attached hydrogen (secondary N) is 1. The molecule has 0 atom stereocenters. The molecule has 1 aromatic rings. The van der Waals surface area contributed by atoms with Gasteiger partial charge < -0.3 is 16.2 Å².